The van der Waals surface area contributed by atoms with Crippen LogP contribution in [-0.4, -0.2) is 42.9 Å². The summed E-state index contributed by atoms with van der Waals surface area (Å²) in [5.41, 5.74) is 2.27. The molecule has 1 aromatic heterocycles. The van der Waals surface area contributed by atoms with Gasteiger partial charge in [0.25, 0.3) is 0 Å². The van der Waals surface area contributed by atoms with Gasteiger partial charge in [-0.3, -0.25) is 4.90 Å². The van der Waals surface area contributed by atoms with Crippen molar-refractivity contribution < 1.29 is 14.0 Å². The van der Waals surface area contributed by atoms with Gasteiger partial charge in [0.05, 0.1) is 30.0 Å². The first-order chi connectivity index (χ1) is 16.1. The Morgan fingerprint density at radius 2 is 1.70 bits per heavy atom. The van der Waals surface area contributed by atoms with E-state index in [0.29, 0.717) is 12.5 Å². The summed E-state index contributed by atoms with van der Waals surface area (Å²) in [5, 5.41) is 0. The quantitative estimate of drug-likeness (QED) is 0.329. The van der Waals surface area contributed by atoms with E-state index in [1.54, 1.807) is 16.2 Å². The van der Waals surface area contributed by atoms with Gasteiger partial charge in [0.1, 0.15) is 6.54 Å². The lowest BCUT2D eigenvalue weighted by Crippen LogP contribution is -2.65. The first kappa shape index (κ1) is 22.6. The number of hydrogen-bond donors (Lipinski definition) is 0. The lowest BCUT2D eigenvalue weighted by Gasteiger charge is -2.52. The number of thiophene rings is 1. The molecular formula is C27H30BrN2O2S+. The Hall–Kier alpha value is -2.15. The monoisotopic (exact) mass is 525 g/mol. The van der Waals surface area contributed by atoms with Gasteiger partial charge < -0.3 is 9.22 Å². The molecule has 2 bridgehead atoms. The van der Waals surface area contributed by atoms with Gasteiger partial charge in [0, 0.05) is 35.7 Å². The summed E-state index contributed by atoms with van der Waals surface area (Å²) in [7, 11) is 0. The highest BCUT2D eigenvalue weighted by Crippen LogP contribution is 2.36. The molecule has 0 aliphatic carbocycles. The van der Waals surface area contributed by atoms with E-state index < -0.39 is 0 Å². The molecule has 33 heavy (non-hydrogen) atoms. The number of benzene rings is 2. The van der Waals surface area contributed by atoms with Gasteiger partial charge in [0.15, 0.2) is 6.10 Å². The largest absolute Gasteiger partial charge is 0.440 e. The second-order valence-corrected chi connectivity index (χ2v) is 11.9. The summed E-state index contributed by atoms with van der Waals surface area (Å²) >= 11 is 5.19. The van der Waals surface area contributed by atoms with Crippen molar-refractivity contribution in [1.29, 1.82) is 0 Å². The van der Waals surface area contributed by atoms with E-state index in [1.807, 2.05) is 36.4 Å². The van der Waals surface area contributed by atoms with Crippen LogP contribution in [0.3, 0.4) is 0 Å². The number of piperidine rings is 3. The Labute approximate surface area is 208 Å². The van der Waals surface area contributed by atoms with Gasteiger partial charge in [-0.2, -0.15) is 0 Å². The van der Waals surface area contributed by atoms with Crippen LogP contribution in [0.5, 0.6) is 0 Å². The fraction of sp³-hybridized carbons (Fsp3) is 0.370. The van der Waals surface area contributed by atoms with Crippen molar-refractivity contribution >= 4 is 39.0 Å². The number of hydrogen-bond acceptors (Lipinski definition) is 3. The fourth-order valence-corrected chi connectivity index (χ4v) is 6.81. The van der Waals surface area contributed by atoms with Gasteiger partial charge >= 0.3 is 6.09 Å². The molecule has 4 heterocycles. The van der Waals surface area contributed by atoms with Gasteiger partial charge in [-0.15, -0.1) is 11.3 Å². The summed E-state index contributed by atoms with van der Waals surface area (Å²) in [6.07, 6.45) is 3.14. The first-order valence-corrected chi connectivity index (χ1v) is 13.4. The molecule has 6 rings (SSSR count). The van der Waals surface area contributed by atoms with E-state index in [4.69, 9.17) is 4.74 Å². The highest BCUT2D eigenvalue weighted by molar-refractivity contribution is 9.11. The molecule has 0 radical (unpaired) electrons. The number of rotatable bonds is 7. The Morgan fingerprint density at radius 3 is 2.36 bits per heavy atom. The summed E-state index contributed by atoms with van der Waals surface area (Å²) in [6, 6.07) is 24.7. The van der Waals surface area contributed by atoms with Gasteiger partial charge in [0.2, 0.25) is 0 Å². The van der Waals surface area contributed by atoms with E-state index >= 15 is 0 Å². The third-order valence-corrected chi connectivity index (χ3v) is 8.85. The zero-order valence-electron chi connectivity index (χ0n) is 18.7. The second-order valence-electron chi connectivity index (χ2n) is 9.32. The highest BCUT2D eigenvalue weighted by atomic mass is 79.9. The van der Waals surface area contributed by atoms with Crippen LogP contribution in [0.4, 0.5) is 10.5 Å². The molecule has 3 saturated heterocycles. The minimum atomic E-state index is -0.231. The van der Waals surface area contributed by atoms with Gasteiger partial charge in [-0.1, -0.05) is 48.5 Å². The fourth-order valence-electron chi connectivity index (χ4n) is 5.33. The van der Waals surface area contributed by atoms with Crippen molar-refractivity contribution in [3.63, 3.8) is 0 Å². The average molecular weight is 527 g/mol. The number of ether oxygens (including phenoxy) is 1. The van der Waals surface area contributed by atoms with Crippen LogP contribution in [0.25, 0.3) is 0 Å². The van der Waals surface area contributed by atoms with Crippen LogP contribution >= 0.6 is 27.3 Å². The predicted octanol–water partition coefficient (Wildman–Crippen LogP) is 6.51. The number of nitrogens with zero attached hydrogens (tertiary/aromatic N) is 2. The Bertz CT molecular complexity index is 1060. The number of halogens is 1. The van der Waals surface area contributed by atoms with Gasteiger partial charge in [-0.05, 0) is 45.8 Å². The third kappa shape index (κ3) is 5.34. The smallest absolute Gasteiger partial charge is 0.415 e. The van der Waals surface area contributed by atoms with Crippen molar-refractivity contribution in [3.8, 4) is 0 Å². The van der Waals surface area contributed by atoms with Crippen molar-refractivity contribution in [1.82, 2.24) is 0 Å². The topological polar surface area (TPSA) is 29.5 Å². The molecule has 0 N–H and O–H groups in total. The van der Waals surface area contributed by atoms with E-state index in [1.165, 1.54) is 18.7 Å². The van der Waals surface area contributed by atoms with Crippen molar-refractivity contribution in [2.24, 2.45) is 5.92 Å². The van der Waals surface area contributed by atoms with Crippen molar-refractivity contribution in [2.45, 2.75) is 31.9 Å². The number of carbonyl (C=O) groups is 1. The van der Waals surface area contributed by atoms with Crippen LogP contribution in [0.1, 0.15) is 23.3 Å². The molecular weight excluding hydrogens is 496 g/mol. The molecule has 3 fully saturated rings. The molecule has 2 aromatic carbocycles. The maximum absolute atomic E-state index is 13.5. The molecule has 0 unspecified atom stereocenters. The van der Waals surface area contributed by atoms with E-state index in [2.05, 4.69) is 52.3 Å². The molecule has 1 amide bonds. The van der Waals surface area contributed by atoms with E-state index in [9.17, 15) is 4.79 Å². The number of fused-ring (bicyclic) bond motifs is 3. The van der Waals surface area contributed by atoms with Crippen LogP contribution < -0.4 is 4.90 Å². The van der Waals surface area contributed by atoms with Crippen LogP contribution in [0.2, 0.25) is 0 Å². The Kier molecular flexibility index (Phi) is 6.86. The number of para-hydroxylation sites is 1. The summed E-state index contributed by atoms with van der Waals surface area (Å²) in [4.78, 5) is 16.4. The van der Waals surface area contributed by atoms with Gasteiger partial charge in [-0.25, -0.2) is 4.79 Å². The third-order valence-electron chi connectivity index (χ3n) is 7.24. The summed E-state index contributed by atoms with van der Waals surface area (Å²) in [6.45, 7) is 4.99. The number of carbonyl (C=O) groups excluding carboxylic acids is 1. The molecule has 0 spiro atoms. The predicted molar refractivity (Wildman–Crippen MR) is 138 cm³/mol. The molecule has 172 valence electrons. The van der Waals surface area contributed by atoms with E-state index in [0.717, 1.165) is 51.2 Å². The molecule has 4 nitrogen and oxygen atoms in total. The SMILES string of the molecule is O=C(O[C@H]1C[N+]2(CCc3ccccc3)CCC1CC2)N(Cc1ccc(Br)s1)c1ccccc1. The minimum absolute atomic E-state index is 0.00272. The van der Waals surface area contributed by atoms with Crippen molar-refractivity contribution in [2.75, 3.05) is 31.1 Å². The van der Waals surface area contributed by atoms with Crippen LogP contribution in [-0.2, 0) is 17.7 Å². The van der Waals surface area contributed by atoms with Crippen LogP contribution in [0.15, 0.2) is 76.6 Å². The number of amides is 1. The second kappa shape index (κ2) is 10.00. The zero-order valence-corrected chi connectivity index (χ0v) is 21.1. The molecule has 3 aromatic rings. The first-order valence-electron chi connectivity index (χ1n) is 11.8. The molecule has 3 aliphatic heterocycles. The number of quaternary nitrogens is 1. The zero-order chi connectivity index (χ0) is 22.7. The molecule has 1 atom stereocenters. The van der Waals surface area contributed by atoms with Crippen LogP contribution in [0, 0.1) is 5.92 Å². The molecule has 6 heteroatoms. The molecule has 0 saturated carbocycles. The van der Waals surface area contributed by atoms with Crippen molar-refractivity contribution in [3.05, 3.63) is 87.0 Å². The van der Waals surface area contributed by atoms with E-state index in [-0.39, 0.29) is 12.2 Å². The minimum Gasteiger partial charge on any atom is -0.440 e. The Balaban J connectivity index is 1.28. The summed E-state index contributed by atoms with van der Waals surface area (Å²) < 4.78 is 8.41. The normalized spacial score (nSPS) is 23.9. The maximum atomic E-state index is 13.5. The highest BCUT2D eigenvalue weighted by Gasteiger charge is 2.47. The maximum Gasteiger partial charge on any atom is 0.415 e. The lowest BCUT2D eigenvalue weighted by atomic mass is 9.83. The lowest BCUT2D eigenvalue weighted by molar-refractivity contribution is -0.945. The average Bonchev–Trinajstić information content (AvgIpc) is 3.28. The molecule has 3 aliphatic rings. The Morgan fingerprint density at radius 1 is 1.00 bits per heavy atom. The summed E-state index contributed by atoms with van der Waals surface area (Å²) in [5.74, 6) is 0.485. The standard InChI is InChI=1S/C27H30BrN2O2S/c28-26-12-11-24(33-26)19-29(23-9-5-2-6-10-23)27(31)32-25-20-30(17-14-22(25)15-18-30)16-13-21-7-3-1-4-8-21/h1-12,22,25H,13-20H2/q+1/t22?,25-,30?/m0/s1. The number of anilines is 1.